The minimum absolute atomic E-state index is 0.0560. The van der Waals surface area contributed by atoms with Gasteiger partial charge in [0.1, 0.15) is 0 Å². The van der Waals surface area contributed by atoms with Crippen LogP contribution in [-0.2, 0) is 0 Å². The SMILES string of the molecule is Cc1ccc(C(=O)NCC2CN(C(C)C)C2)c(C)c1. The van der Waals surface area contributed by atoms with E-state index in [-0.39, 0.29) is 5.91 Å². The van der Waals surface area contributed by atoms with E-state index in [4.69, 9.17) is 0 Å². The van der Waals surface area contributed by atoms with Gasteiger partial charge in [0.05, 0.1) is 0 Å². The van der Waals surface area contributed by atoms with E-state index >= 15 is 0 Å². The Labute approximate surface area is 116 Å². The summed E-state index contributed by atoms with van der Waals surface area (Å²) in [5.41, 5.74) is 3.04. The van der Waals surface area contributed by atoms with Gasteiger partial charge >= 0.3 is 0 Å². The van der Waals surface area contributed by atoms with Gasteiger partial charge in [-0.05, 0) is 39.3 Å². The van der Waals surface area contributed by atoms with Gasteiger partial charge in [0, 0.05) is 37.2 Å². The van der Waals surface area contributed by atoms with Gasteiger partial charge in [-0.1, -0.05) is 17.7 Å². The maximum absolute atomic E-state index is 12.1. The van der Waals surface area contributed by atoms with Crippen molar-refractivity contribution in [2.24, 2.45) is 5.92 Å². The maximum Gasteiger partial charge on any atom is 0.251 e. The Balaban J connectivity index is 1.82. The molecule has 1 N–H and O–H groups in total. The topological polar surface area (TPSA) is 32.3 Å². The number of carbonyl (C=O) groups is 1. The summed E-state index contributed by atoms with van der Waals surface area (Å²) in [4.78, 5) is 14.5. The number of hydrogen-bond acceptors (Lipinski definition) is 2. The molecule has 0 atom stereocenters. The average Bonchev–Trinajstić information content (AvgIpc) is 2.25. The standard InChI is InChI=1S/C16H24N2O/c1-11(2)18-9-14(10-18)8-17-16(19)15-6-5-12(3)7-13(15)4/h5-7,11,14H,8-10H2,1-4H3,(H,17,19). The Morgan fingerprint density at radius 1 is 1.37 bits per heavy atom. The molecule has 1 amide bonds. The molecule has 0 radical (unpaired) electrons. The minimum Gasteiger partial charge on any atom is -0.352 e. The first-order chi connectivity index (χ1) is 8.97. The molecule has 1 aliphatic heterocycles. The summed E-state index contributed by atoms with van der Waals surface area (Å²) in [7, 11) is 0. The molecule has 3 heteroatoms. The Kier molecular flexibility index (Phi) is 4.25. The van der Waals surface area contributed by atoms with E-state index in [0.29, 0.717) is 12.0 Å². The van der Waals surface area contributed by atoms with E-state index in [1.165, 1.54) is 5.56 Å². The molecule has 104 valence electrons. The van der Waals surface area contributed by atoms with Gasteiger partial charge in [0.15, 0.2) is 0 Å². The summed E-state index contributed by atoms with van der Waals surface area (Å²) in [6.45, 7) is 11.5. The molecular weight excluding hydrogens is 236 g/mol. The molecule has 0 unspecified atom stereocenters. The second kappa shape index (κ2) is 5.74. The first-order valence-electron chi connectivity index (χ1n) is 7.07. The smallest absolute Gasteiger partial charge is 0.251 e. The highest BCUT2D eigenvalue weighted by atomic mass is 16.1. The number of amides is 1. The van der Waals surface area contributed by atoms with Gasteiger partial charge in [-0.2, -0.15) is 0 Å². The van der Waals surface area contributed by atoms with Gasteiger partial charge in [-0.25, -0.2) is 0 Å². The van der Waals surface area contributed by atoms with Crippen LogP contribution in [0.25, 0.3) is 0 Å². The predicted octanol–water partition coefficient (Wildman–Crippen LogP) is 2.37. The molecule has 1 fully saturated rings. The Morgan fingerprint density at radius 3 is 2.63 bits per heavy atom. The number of benzene rings is 1. The molecule has 1 heterocycles. The molecule has 0 spiro atoms. The van der Waals surface area contributed by atoms with Crippen LogP contribution in [-0.4, -0.2) is 36.5 Å². The number of nitrogens with one attached hydrogen (secondary N) is 1. The van der Waals surface area contributed by atoms with Gasteiger partial charge in [-0.3, -0.25) is 4.79 Å². The van der Waals surface area contributed by atoms with E-state index in [1.807, 2.05) is 26.0 Å². The summed E-state index contributed by atoms with van der Waals surface area (Å²) >= 11 is 0. The van der Waals surface area contributed by atoms with Crippen molar-refractivity contribution in [2.45, 2.75) is 33.7 Å². The summed E-state index contributed by atoms with van der Waals surface area (Å²) in [6, 6.07) is 6.58. The summed E-state index contributed by atoms with van der Waals surface area (Å²) in [5, 5.41) is 3.06. The summed E-state index contributed by atoms with van der Waals surface area (Å²) < 4.78 is 0. The third-order valence-electron chi connectivity index (χ3n) is 3.89. The van der Waals surface area contributed by atoms with Crippen molar-refractivity contribution in [3.05, 3.63) is 34.9 Å². The maximum atomic E-state index is 12.1. The van der Waals surface area contributed by atoms with E-state index in [2.05, 4.69) is 30.1 Å². The summed E-state index contributed by atoms with van der Waals surface area (Å²) in [5.74, 6) is 0.664. The lowest BCUT2D eigenvalue weighted by Gasteiger charge is -2.42. The quantitative estimate of drug-likeness (QED) is 0.901. The third-order valence-corrected chi connectivity index (χ3v) is 3.89. The van der Waals surface area contributed by atoms with Crippen LogP contribution in [0.1, 0.15) is 35.3 Å². The zero-order valence-corrected chi connectivity index (χ0v) is 12.4. The van der Waals surface area contributed by atoms with Crippen molar-refractivity contribution in [1.29, 1.82) is 0 Å². The molecule has 0 aromatic heterocycles. The zero-order valence-electron chi connectivity index (χ0n) is 12.4. The van der Waals surface area contributed by atoms with Crippen LogP contribution in [0.4, 0.5) is 0 Å². The van der Waals surface area contributed by atoms with Crippen LogP contribution < -0.4 is 5.32 Å². The lowest BCUT2D eigenvalue weighted by molar-refractivity contribution is 0.0640. The molecule has 19 heavy (non-hydrogen) atoms. The fraction of sp³-hybridized carbons (Fsp3) is 0.562. The van der Waals surface area contributed by atoms with E-state index < -0.39 is 0 Å². The van der Waals surface area contributed by atoms with Crippen molar-refractivity contribution in [2.75, 3.05) is 19.6 Å². The second-order valence-corrected chi connectivity index (χ2v) is 5.94. The molecule has 0 bridgehead atoms. The fourth-order valence-electron chi connectivity index (χ4n) is 2.56. The van der Waals surface area contributed by atoms with Crippen LogP contribution in [0.5, 0.6) is 0 Å². The lowest BCUT2D eigenvalue weighted by atomic mass is 9.98. The number of nitrogens with zero attached hydrogens (tertiary/aromatic N) is 1. The van der Waals surface area contributed by atoms with Crippen LogP contribution in [0.15, 0.2) is 18.2 Å². The molecule has 1 aliphatic rings. The number of carbonyl (C=O) groups excluding carboxylic acids is 1. The number of aryl methyl sites for hydroxylation is 2. The van der Waals surface area contributed by atoms with Crippen molar-refractivity contribution in [1.82, 2.24) is 10.2 Å². The van der Waals surface area contributed by atoms with Crippen molar-refractivity contribution in [3.8, 4) is 0 Å². The number of likely N-dealkylation sites (tertiary alicyclic amines) is 1. The highest BCUT2D eigenvalue weighted by molar-refractivity contribution is 5.95. The van der Waals surface area contributed by atoms with Crippen LogP contribution in [0.2, 0.25) is 0 Å². The molecule has 1 saturated heterocycles. The normalized spacial score (nSPS) is 16.5. The summed E-state index contributed by atoms with van der Waals surface area (Å²) in [6.07, 6.45) is 0. The Hall–Kier alpha value is -1.35. The third kappa shape index (κ3) is 3.35. The van der Waals surface area contributed by atoms with Crippen molar-refractivity contribution < 1.29 is 4.79 Å². The zero-order chi connectivity index (χ0) is 14.0. The highest BCUT2D eigenvalue weighted by Gasteiger charge is 2.28. The first-order valence-corrected chi connectivity index (χ1v) is 7.07. The van der Waals surface area contributed by atoms with E-state index in [1.54, 1.807) is 0 Å². The largest absolute Gasteiger partial charge is 0.352 e. The predicted molar refractivity (Wildman–Crippen MR) is 78.4 cm³/mol. The monoisotopic (exact) mass is 260 g/mol. The highest BCUT2D eigenvalue weighted by Crippen LogP contribution is 2.17. The Morgan fingerprint density at radius 2 is 2.05 bits per heavy atom. The van der Waals surface area contributed by atoms with Gasteiger partial charge in [-0.15, -0.1) is 0 Å². The van der Waals surface area contributed by atoms with E-state index in [0.717, 1.165) is 30.8 Å². The van der Waals surface area contributed by atoms with Gasteiger partial charge in [0.25, 0.3) is 5.91 Å². The first kappa shape index (κ1) is 14.1. The van der Waals surface area contributed by atoms with Crippen LogP contribution in [0.3, 0.4) is 0 Å². The van der Waals surface area contributed by atoms with Crippen LogP contribution in [0, 0.1) is 19.8 Å². The second-order valence-electron chi connectivity index (χ2n) is 5.94. The number of hydrogen-bond donors (Lipinski definition) is 1. The molecule has 0 aliphatic carbocycles. The average molecular weight is 260 g/mol. The van der Waals surface area contributed by atoms with Gasteiger partial charge < -0.3 is 10.2 Å². The number of rotatable bonds is 4. The van der Waals surface area contributed by atoms with Crippen molar-refractivity contribution in [3.63, 3.8) is 0 Å². The minimum atomic E-state index is 0.0560. The fourth-order valence-corrected chi connectivity index (χ4v) is 2.56. The molecule has 2 rings (SSSR count). The van der Waals surface area contributed by atoms with E-state index in [9.17, 15) is 4.79 Å². The van der Waals surface area contributed by atoms with Crippen LogP contribution >= 0.6 is 0 Å². The lowest BCUT2D eigenvalue weighted by Crippen LogP contribution is -2.53. The molecular formula is C16H24N2O. The Bertz CT molecular complexity index is 462. The molecule has 3 nitrogen and oxygen atoms in total. The van der Waals surface area contributed by atoms with Crippen molar-refractivity contribution >= 4 is 5.91 Å². The molecule has 0 saturated carbocycles. The molecule has 1 aromatic carbocycles. The van der Waals surface area contributed by atoms with Gasteiger partial charge in [0.2, 0.25) is 0 Å². The molecule has 1 aromatic rings.